The van der Waals surface area contributed by atoms with Crippen molar-refractivity contribution in [3.05, 3.63) is 12.2 Å². The molecule has 0 aromatic heterocycles. The normalized spacial score (nSPS) is 25.7. The minimum Gasteiger partial charge on any atom is -0.377 e. The second-order valence-electron chi connectivity index (χ2n) is 1.87. The maximum absolute atomic E-state index is 10.5. The number of allylic oxidation sites excluding steroid dienone is 1. The van der Waals surface area contributed by atoms with Crippen molar-refractivity contribution in [3.63, 3.8) is 0 Å². The Morgan fingerprint density at radius 2 is 1.80 bits per heavy atom. The van der Waals surface area contributed by atoms with Crippen LogP contribution in [0.5, 0.6) is 0 Å². The van der Waals surface area contributed by atoms with E-state index in [2.05, 4.69) is 0 Å². The number of ketones is 3. The molecule has 0 aliphatic heterocycles. The molecule has 0 radical (unpaired) electrons. The van der Waals surface area contributed by atoms with Crippen LogP contribution in [-0.4, -0.2) is 28.6 Å². The Labute approximate surface area is 56.1 Å². The molecule has 4 heteroatoms. The van der Waals surface area contributed by atoms with E-state index >= 15 is 0 Å². The summed E-state index contributed by atoms with van der Waals surface area (Å²) in [5, 5.41) is 8.65. The first-order chi connectivity index (χ1) is 4.63. The van der Waals surface area contributed by atoms with Crippen LogP contribution in [0.2, 0.25) is 0 Å². The van der Waals surface area contributed by atoms with Crippen molar-refractivity contribution in [1.29, 1.82) is 0 Å². The number of aliphatic hydroxyl groups is 1. The molecular formula is C6H4O4. The number of aliphatic hydroxyl groups excluding tert-OH is 1. The smallest absolute Gasteiger partial charge is 0.238 e. The van der Waals surface area contributed by atoms with E-state index in [9.17, 15) is 14.4 Å². The maximum Gasteiger partial charge on any atom is 0.238 e. The lowest BCUT2D eigenvalue weighted by Gasteiger charge is -2.05. The van der Waals surface area contributed by atoms with Gasteiger partial charge in [-0.05, 0) is 12.2 Å². The molecule has 4 nitrogen and oxygen atoms in total. The first-order valence-corrected chi connectivity index (χ1v) is 2.61. The lowest BCUT2D eigenvalue weighted by atomic mass is 10.0. The molecule has 0 saturated heterocycles. The van der Waals surface area contributed by atoms with Crippen LogP contribution in [0.1, 0.15) is 0 Å². The summed E-state index contributed by atoms with van der Waals surface area (Å²) in [5.41, 5.74) is 0. The summed E-state index contributed by atoms with van der Waals surface area (Å²) >= 11 is 0. The van der Waals surface area contributed by atoms with Gasteiger partial charge in [-0.1, -0.05) is 0 Å². The Hall–Kier alpha value is -1.29. The van der Waals surface area contributed by atoms with Gasteiger partial charge < -0.3 is 5.11 Å². The van der Waals surface area contributed by atoms with Crippen molar-refractivity contribution in [1.82, 2.24) is 0 Å². The van der Waals surface area contributed by atoms with Crippen LogP contribution in [0, 0.1) is 0 Å². The van der Waals surface area contributed by atoms with E-state index in [1.807, 2.05) is 0 Å². The van der Waals surface area contributed by atoms with Crippen molar-refractivity contribution in [2.45, 2.75) is 6.10 Å². The Morgan fingerprint density at radius 1 is 1.20 bits per heavy atom. The average Bonchev–Trinajstić information content (AvgIpc) is 1.93. The van der Waals surface area contributed by atoms with Crippen LogP contribution < -0.4 is 0 Å². The Balaban J connectivity index is 3.00. The van der Waals surface area contributed by atoms with Gasteiger partial charge in [0.1, 0.15) is 0 Å². The molecule has 1 rings (SSSR count). The van der Waals surface area contributed by atoms with Gasteiger partial charge in [0, 0.05) is 0 Å². The van der Waals surface area contributed by atoms with Gasteiger partial charge in [0.05, 0.1) is 0 Å². The number of rotatable bonds is 0. The standard InChI is InChI=1S/C6H4O4/c7-3-1-2-4(8)6(10)5(3)9/h1-2,5,9H. The summed E-state index contributed by atoms with van der Waals surface area (Å²) in [6, 6.07) is 0. The molecule has 0 heterocycles. The van der Waals surface area contributed by atoms with E-state index in [1.165, 1.54) is 0 Å². The predicted octanol–water partition coefficient (Wildman–Crippen LogP) is -1.38. The van der Waals surface area contributed by atoms with Crippen LogP contribution >= 0.6 is 0 Å². The maximum atomic E-state index is 10.5. The Morgan fingerprint density at radius 3 is 2.30 bits per heavy atom. The molecule has 0 aromatic carbocycles. The summed E-state index contributed by atoms with van der Waals surface area (Å²) in [5.74, 6) is -2.61. The van der Waals surface area contributed by atoms with Gasteiger partial charge in [-0.2, -0.15) is 0 Å². The van der Waals surface area contributed by atoms with E-state index in [0.29, 0.717) is 0 Å². The van der Waals surface area contributed by atoms with Crippen molar-refractivity contribution < 1.29 is 19.5 Å². The van der Waals surface area contributed by atoms with E-state index < -0.39 is 23.5 Å². The second-order valence-corrected chi connectivity index (χ2v) is 1.87. The van der Waals surface area contributed by atoms with Gasteiger partial charge in [0.25, 0.3) is 0 Å². The first kappa shape index (κ1) is 6.82. The van der Waals surface area contributed by atoms with Crippen LogP contribution in [0.4, 0.5) is 0 Å². The number of carbonyl (C=O) groups is 3. The van der Waals surface area contributed by atoms with Crippen LogP contribution in [-0.2, 0) is 14.4 Å². The molecule has 10 heavy (non-hydrogen) atoms. The van der Waals surface area contributed by atoms with Gasteiger partial charge in [0.15, 0.2) is 11.9 Å². The van der Waals surface area contributed by atoms with Crippen molar-refractivity contribution in [2.24, 2.45) is 0 Å². The largest absolute Gasteiger partial charge is 0.377 e. The molecular weight excluding hydrogens is 136 g/mol. The third-order valence-corrected chi connectivity index (χ3v) is 1.16. The highest BCUT2D eigenvalue weighted by Gasteiger charge is 2.29. The SMILES string of the molecule is O=C1C=CC(=O)C(O)C1=O. The van der Waals surface area contributed by atoms with Gasteiger partial charge >= 0.3 is 0 Å². The molecule has 1 unspecified atom stereocenters. The number of Topliss-reactive ketones (excluding diaryl/α,β-unsaturated/α-hetero) is 1. The first-order valence-electron chi connectivity index (χ1n) is 2.61. The summed E-state index contributed by atoms with van der Waals surface area (Å²) in [6.45, 7) is 0. The van der Waals surface area contributed by atoms with E-state index in [1.54, 1.807) is 0 Å². The van der Waals surface area contributed by atoms with Crippen LogP contribution in [0.25, 0.3) is 0 Å². The monoisotopic (exact) mass is 140 g/mol. The minimum absolute atomic E-state index is 0.732. The van der Waals surface area contributed by atoms with Crippen molar-refractivity contribution in [3.8, 4) is 0 Å². The fraction of sp³-hybridized carbons (Fsp3) is 0.167. The highest BCUT2D eigenvalue weighted by molar-refractivity contribution is 6.49. The molecule has 1 atom stereocenters. The summed E-state index contributed by atoms with van der Waals surface area (Å²) in [7, 11) is 0. The molecule has 0 amide bonds. The average molecular weight is 140 g/mol. The minimum atomic E-state index is -1.77. The lowest BCUT2D eigenvalue weighted by molar-refractivity contribution is -0.144. The second kappa shape index (κ2) is 2.15. The van der Waals surface area contributed by atoms with Crippen molar-refractivity contribution in [2.75, 3.05) is 0 Å². The third kappa shape index (κ3) is 0.886. The molecule has 1 aliphatic carbocycles. The fourth-order valence-corrected chi connectivity index (χ4v) is 0.595. The number of hydrogen-bond acceptors (Lipinski definition) is 4. The van der Waals surface area contributed by atoms with Crippen LogP contribution in [0.3, 0.4) is 0 Å². The molecule has 0 bridgehead atoms. The quantitative estimate of drug-likeness (QED) is 0.332. The van der Waals surface area contributed by atoms with E-state index in [0.717, 1.165) is 12.2 Å². The number of carbonyl (C=O) groups excluding carboxylic acids is 3. The summed E-state index contributed by atoms with van der Waals surface area (Å²) in [6.07, 6.45) is -0.0105. The molecule has 1 aliphatic rings. The van der Waals surface area contributed by atoms with E-state index in [-0.39, 0.29) is 0 Å². The van der Waals surface area contributed by atoms with E-state index in [4.69, 9.17) is 5.11 Å². The summed E-state index contributed by atoms with van der Waals surface area (Å²) < 4.78 is 0. The third-order valence-electron chi connectivity index (χ3n) is 1.16. The van der Waals surface area contributed by atoms with Crippen LogP contribution in [0.15, 0.2) is 12.2 Å². The van der Waals surface area contributed by atoms with Crippen molar-refractivity contribution >= 4 is 17.3 Å². The van der Waals surface area contributed by atoms with Gasteiger partial charge in [0.2, 0.25) is 11.6 Å². The molecule has 0 saturated carbocycles. The molecule has 0 aromatic rings. The highest BCUT2D eigenvalue weighted by atomic mass is 16.3. The summed E-state index contributed by atoms with van der Waals surface area (Å²) in [4.78, 5) is 31.3. The molecule has 52 valence electrons. The number of hydrogen-bond donors (Lipinski definition) is 1. The highest BCUT2D eigenvalue weighted by Crippen LogP contribution is 1.99. The Bertz CT molecular complexity index is 238. The molecule has 1 N–H and O–H groups in total. The topological polar surface area (TPSA) is 71.4 Å². The van der Waals surface area contributed by atoms with Gasteiger partial charge in [-0.25, -0.2) is 0 Å². The van der Waals surface area contributed by atoms with Gasteiger partial charge in [-0.15, -0.1) is 0 Å². The fourth-order valence-electron chi connectivity index (χ4n) is 0.595. The Kier molecular flexibility index (Phi) is 1.47. The molecule has 0 spiro atoms. The zero-order valence-electron chi connectivity index (χ0n) is 4.90. The molecule has 0 fully saturated rings. The van der Waals surface area contributed by atoms with Gasteiger partial charge in [-0.3, -0.25) is 14.4 Å². The zero-order chi connectivity index (χ0) is 7.72. The predicted molar refractivity (Wildman–Crippen MR) is 30.2 cm³/mol. The zero-order valence-corrected chi connectivity index (χ0v) is 4.90. The lowest BCUT2D eigenvalue weighted by Crippen LogP contribution is -2.36.